The van der Waals surface area contributed by atoms with Crippen molar-refractivity contribution >= 4 is 0 Å². The Morgan fingerprint density at radius 2 is 2.38 bits per heavy atom. The summed E-state index contributed by atoms with van der Waals surface area (Å²) in [6.07, 6.45) is 3.69. The van der Waals surface area contributed by atoms with Crippen LogP contribution in [0.4, 0.5) is 0 Å². The van der Waals surface area contributed by atoms with Crippen molar-refractivity contribution in [1.82, 2.24) is 10.3 Å². The Morgan fingerprint density at radius 1 is 1.54 bits per heavy atom. The molecule has 0 amide bonds. The van der Waals surface area contributed by atoms with E-state index in [1.54, 1.807) is 0 Å². The molecule has 1 aromatic heterocycles. The number of nitrogens with one attached hydrogen (secondary N) is 1. The lowest BCUT2D eigenvalue weighted by atomic mass is 10.1. The molecular weight excluding hydrogens is 160 g/mol. The first kappa shape index (κ1) is 9.76. The first-order valence-electron chi connectivity index (χ1n) is 4.34. The number of aryl methyl sites for hydroxylation is 1. The second-order valence-corrected chi connectivity index (χ2v) is 2.83. The lowest BCUT2D eigenvalue weighted by Gasteiger charge is -2.03. The van der Waals surface area contributed by atoms with E-state index in [1.165, 1.54) is 11.1 Å². The van der Waals surface area contributed by atoms with Gasteiger partial charge in [-0.1, -0.05) is 5.92 Å². The summed E-state index contributed by atoms with van der Waals surface area (Å²) in [5, 5.41) is 3.24. The van der Waals surface area contributed by atoms with Crippen molar-refractivity contribution in [1.29, 1.82) is 0 Å². The van der Waals surface area contributed by atoms with E-state index < -0.39 is 0 Å². The maximum absolute atomic E-state index is 4.03. The van der Waals surface area contributed by atoms with Crippen LogP contribution in [0.3, 0.4) is 0 Å². The molecule has 0 aliphatic heterocycles. The highest BCUT2D eigenvalue weighted by atomic mass is 14.8. The van der Waals surface area contributed by atoms with Crippen LogP contribution in [-0.4, -0.2) is 11.5 Å². The molecule has 2 heteroatoms. The van der Waals surface area contributed by atoms with E-state index in [1.807, 2.05) is 25.4 Å². The van der Waals surface area contributed by atoms with Crippen LogP contribution in [0.15, 0.2) is 18.5 Å². The monoisotopic (exact) mass is 174 g/mol. The average Bonchev–Trinajstić information content (AvgIpc) is 2.15. The zero-order valence-corrected chi connectivity index (χ0v) is 8.09. The van der Waals surface area contributed by atoms with E-state index in [-0.39, 0.29) is 0 Å². The molecule has 0 aliphatic carbocycles. The van der Waals surface area contributed by atoms with Gasteiger partial charge in [-0.05, 0) is 31.0 Å². The summed E-state index contributed by atoms with van der Waals surface area (Å²) in [5.41, 5.74) is 2.51. The summed E-state index contributed by atoms with van der Waals surface area (Å²) < 4.78 is 0. The van der Waals surface area contributed by atoms with Crippen LogP contribution in [0.25, 0.3) is 0 Å². The fourth-order valence-corrected chi connectivity index (χ4v) is 1.05. The third-order valence-electron chi connectivity index (χ3n) is 1.84. The van der Waals surface area contributed by atoms with E-state index in [9.17, 15) is 0 Å². The Labute approximate surface area is 79.4 Å². The molecular formula is C11H14N2. The molecule has 0 atom stereocenters. The predicted octanol–water partition coefficient (Wildman–Crippen LogP) is 1.50. The molecule has 2 nitrogen and oxygen atoms in total. The summed E-state index contributed by atoms with van der Waals surface area (Å²) in [6.45, 7) is 5.52. The highest BCUT2D eigenvalue weighted by Gasteiger charge is 1.94. The molecule has 1 N–H and O–H groups in total. The standard InChI is InChI=1S/C11H14N2/c1-3-4-6-12-9-11-5-7-13-8-10(11)2/h5,7-8,12H,6,9H2,1-2H3. The van der Waals surface area contributed by atoms with Gasteiger partial charge in [-0.25, -0.2) is 0 Å². The Bertz CT molecular complexity index is 320. The summed E-state index contributed by atoms with van der Waals surface area (Å²) in [6, 6.07) is 2.03. The number of nitrogens with zero attached hydrogens (tertiary/aromatic N) is 1. The predicted molar refractivity (Wildman–Crippen MR) is 54.1 cm³/mol. The largest absolute Gasteiger partial charge is 0.302 e. The highest BCUT2D eigenvalue weighted by molar-refractivity contribution is 5.21. The lowest BCUT2D eigenvalue weighted by molar-refractivity contribution is 0.764. The van der Waals surface area contributed by atoms with Crippen molar-refractivity contribution in [3.8, 4) is 11.8 Å². The Hall–Kier alpha value is -1.33. The number of aromatic nitrogens is 1. The third-order valence-corrected chi connectivity index (χ3v) is 1.84. The van der Waals surface area contributed by atoms with Crippen LogP contribution in [0, 0.1) is 18.8 Å². The minimum absolute atomic E-state index is 0.748. The van der Waals surface area contributed by atoms with Crippen molar-refractivity contribution < 1.29 is 0 Å². The van der Waals surface area contributed by atoms with Gasteiger partial charge in [0.2, 0.25) is 0 Å². The normalized spacial score (nSPS) is 9.08. The maximum atomic E-state index is 4.03. The van der Waals surface area contributed by atoms with Gasteiger partial charge >= 0.3 is 0 Å². The number of rotatable bonds is 3. The Kier molecular flexibility index (Phi) is 4.01. The SMILES string of the molecule is CC#CCNCc1ccncc1C. The molecule has 0 radical (unpaired) electrons. The van der Waals surface area contributed by atoms with Gasteiger partial charge < -0.3 is 5.32 Å². The summed E-state index contributed by atoms with van der Waals surface area (Å²) in [4.78, 5) is 4.03. The van der Waals surface area contributed by atoms with Gasteiger partial charge in [0, 0.05) is 18.9 Å². The van der Waals surface area contributed by atoms with Gasteiger partial charge in [0.25, 0.3) is 0 Å². The molecule has 0 fully saturated rings. The molecule has 13 heavy (non-hydrogen) atoms. The zero-order valence-electron chi connectivity index (χ0n) is 8.09. The molecule has 0 saturated carbocycles. The second kappa shape index (κ2) is 5.34. The fourth-order valence-electron chi connectivity index (χ4n) is 1.05. The van der Waals surface area contributed by atoms with Crippen LogP contribution in [-0.2, 0) is 6.54 Å². The fraction of sp³-hybridized carbons (Fsp3) is 0.364. The van der Waals surface area contributed by atoms with Crippen LogP contribution in [0.5, 0.6) is 0 Å². The van der Waals surface area contributed by atoms with Crippen LogP contribution in [0.1, 0.15) is 18.1 Å². The lowest BCUT2D eigenvalue weighted by Crippen LogP contribution is -2.13. The average molecular weight is 174 g/mol. The highest BCUT2D eigenvalue weighted by Crippen LogP contribution is 2.03. The number of pyridine rings is 1. The molecule has 0 bridgehead atoms. The van der Waals surface area contributed by atoms with Gasteiger partial charge in [-0.3, -0.25) is 4.98 Å². The molecule has 0 spiro atoms. The van der Waals surface area contributed by atoms with Crippen molar-refractivity contribution in [3.63, 3.8) is 0 Å². The van der Waals surface area contributed by atoms with E-state index in [2.05, 4.69) is 29.1 Å². The number of hydrogen-bond donors (Lipinski definition) is 1. The molecule has 0 aliphatic rings. The number of hydrogen-bond acceptors (Lipinski definition) is 2. The summed E-state index contributed by atoms with van der Waals surface area (Å²) in [5.74, 6) is 5.80. The first-order valence-corrected chi connectivity index (χ1v) is 4.34. The van der Waals surface area contributed by atoms with Crippen LogP contribution >= 0.6 is 0 Å². The summed E-state index contributed by atoms with van der Waals surface area (Å²) in [7, 11) is 0. The Morgan fingerprint density at radius 3 is 3.08 bits per heavy atom. The maximum Gasteiger partial charge on any atom is 0.0579 e. The van der Waals surface area contributed by atoms with Gasteiger partial charge in [-0.15, -0.1) is 5.92 Å². The van der Waals surface area contributed by atoms with Crippen LogP contribution < -0.4 is 5.32 Å². The molecule has 1 heterocycles. The minimum Gasteiger partial charge on any atom is -0.302 e. The first-order chi connectivity index (χ1) is 6.34. The Balaban J connectivity index is 2.44. The molecule has 0 aromatic carbocycles. The quantitative estimate of drug-likeness (QED) is 0.555. The second-order valence-electron chi connectivity index (χ2n) is 2.83. The van der Waals surface area contributed by atoms with E-state index in [4.69, 9.17) is 0 Å². The van der Waals surface area contributed by atoms with E-state index in [0.717, 1.165) is 13.1 Å². The molecule has 0 unspecified atom stereocenters. The molecule has 0 saturated heterocycles. The summed E-state index contributed by atoms with van der Waals surface area (Å²) >= 11 is 0. The van der Waals surface area contributed by atoms with Gasteiger partial charge in [0.1, 0.15) is 0 Å². The van der Waals surface area contributed by atoms with Crippen molar-refractivity contribution in [2.24, 2.45) is 0 Å². The van der Waals surface area contributed by atoms with Crippen molar-refractivity contribution in [3.05, 3.63) is 29.6 Å². The third kappa shape index (κ3) is 3.27. The van der Waals surface area contributed by atoms with E-state index in [0.29, 0.717) is 0 Å². The minimum atomic E-state index is 0.748. The molecule has 1 aromatic rings. The van der Waals surface area contributed by atoms with Gasteiger partial charge in [0.15, 0.2) is 0 Å². The van der Waals surface area contributed by atoms with Crippen molar-refractivity contribution in [2.75, 3.05) is 6.54 Å². The van der Waals surface area contributed by atoms with Gasteiger partial charge in [0.05, 0.1) is 6.54 Å². The van der Waals surface area contributed by atoms with E-state index >= 15 is 0 Å². The van der Waals surface area contributed by atoms with Crippen LogP contribution in [0.2, 0.25) is 0 Å². The molecule has 68 valence electrons. The van der Waals surface area contributed by atoms with Crippen molar-refractivity contribution in [2.45, 2.75) is 20.4 Å². The smallest absolute Gasteiger partial charge is 0.0579 e. The molecule has 1 rings (SSSR count). The zero-order chi connectivity index (χ0) is 9.52. The topological polar surface area (TPSA) is 24.9 Å². The van der Waals surface area contributed by atoms with Gasteiger partial charge in [-0.2, -0.15) is 0 Å².